The van der Waals surface area contributed by atoms with E-state index in [0.717, 1.165) is 12.1 Å². The predicted molar refractivity (Wildman–Crippen MR) is 110 cm³/mol. The minimum atomic E-state index is -3.85. The molecule has 0 saturated carbocycles. The van der Waals surface area contributed by atoms with Crippen LogP contribution in [0.15, 0.2) is 65.7 Å². The number of sulfonamides is 1. The molecule has 0 aliphatic carbocycles. The lowest BCUT2D eigenvalue weighted by atomic mass is 10.1. The fourth-order valence-electron chi connectivity index (χ4n) is 2.94. The minimum absolute atomic E-state index is 0.0467. The molecule has 0 radical (unpaired) electrons. The number of rotatable bonds is 5. The topological polar surface area (TPSA) is 117 Å². The van der Waals surface area contributed by atoms with Crippen molar-refractivity contribution in [2.45, 2.75) is 4.90 Å². The molecule has 152 valence electrons. The van der Waals surface area contributed by atoms with E-state index < -0.39 is 15.8 Å². The van der Waals surface area contributed by atoms with Gasteiger partial charge in [-0.1, -0.05) is 12.1 Å². The lowest BCUT2D eigenvalue weighted by molar-refractivity contribution is 0.0964. The summed E-state index contributed by atoms with van der Waals surface area (Å²) < 4.78 is 40.4. The molecular formula is C20H16FN5O3S. The van der Waals surface area contributed by atoms with Gasteiger partial charge in [-0.3, -0.25) is 14.6 Å². The first kappa shape index (κ1) is 19.5. The summed E-state index contributed by atoms with van der Waals surface area (Å²) in [5.74, 6) is -0.787. The normalized spacial score (nSPS) is 11.4. The van der Waals surface area contributed by atoms with Gasteiger partial charge in [0, 0.05) is 18.3 Å². The fraction of sp³-hybridized carbons (Fsp3) is 0.0500. The van der Waals surface area contributed by atoms with Crippen LogP contribution in [0, 0.1) is 5.82 Å². The van der Waals surface area contributed by atoms with Gasteiger partial charge in [0.2, 0.25) is 0 Å². The average molecular weight is 425 g/mol. The summed E-state index contributed by atoms with van der Waals surface area (Å²) in [6.45, 7) is 0. The van der Waals surface area contributed by atoms with Crippen LogP contribution in [0.4, 0.5) is 10.1 Å². The highest BCUT2D eigenvalue weighted by Gasteiger charge is 2.16. The first-order chi connectivity index (χ1) is 14.4. The maximum absolute atomic E-state index is 13.0. The van der Waals surface area contributed by atoms with Gasteiger partial charge in [-0.25, -0.2) is 17.8 Å². The van der Waals surface area contributed by atoms with Gasteiger partial charge in [0.1, 0.15) is 5.82 Å². The number of pyridine rings is 1. The number of carbonyl (C=O) groups is 1. The van der Waals surface area contributed by atoms with E-state index in [-0.39, 0.29) is 10.8 Å². The third kappa shape index (κ3) is 3.72. The molecule has 0 spiro atoms. The number of halogens is 1. The molecule has 3 N–H and O–H groups in total. The summed E-state index contributed by atoms with van der Waals surface area (Å²) in [6, 6.07) is 12.7. The van der Waals surface area contributed by atoms with E-state index in [1.54, 1.807) is 30.3 Å². The Bertz CT molecular complexity index is 1330. The molecule has 4 rings (SSSR count). The van der Waals surface area contributed by atoms with E-state index in [2.05, 4.69) is 25.2 Å². The number of aromatic amines is 1. The van der Waals surface area contributed by atoms with Crippen LogP contribution in [0.3, 0.4) is 0 Å². The standard InChI is InChI=1S/C20H16FN5O3S/c1-22-20(27)16-10-18(24-19-17(16)11-23-25-19)12-2-6-14(7-3-12)26-30(28,29)15-8-4-13(21)5-9-15/h2-11,26H,1H3,(H,22,27)(H,23,24,25). The van der Waals surface area contributed by atoms with E-state index in [1.165, 1.54) is 25.4 Å². The molecule has 1 amide bonds. The lowest BCUT2D eigenvalue weighted by Crippen LogP contribution is -2.18. The molecular weight excluding hydrogens is 409 g/mol. The molecule has 0 unspecified atom stereocenters. The number of nitrogens with zero attached hydrogens (tertiary/aromatic N) is 2. The zero-order valence-electron chi connectivity index (χ0n) is 15.7. The number of H-pyrrole nitrogens is 1. The molecule has 2 aromatic heterocycles. The predicted octanol–water partition coefficient (Wildman–Crippen LogP) is 2.92. The number of hydrogen-bond acceptors (Lipinski definition) is 5. The minimum Gasteiger partial charge on any atom is -0.355 e. The Hall–Kier alpha value is -3.79. The second kappa shape index (κ2) is 7.56. The van der Waals surface area contributed by atoms with Crippen LogP contribution in [0.2, 0.25) is 0 Å². The third-order valence-electron chi connectivity index (χ3n) is 4.45. The van der Waals surface area contributed by atoms with Gasteiger partial charge >= 0.3 is 0 Å². The van der Waals surface area contributed by atoms with Gasteiger partial charge < -0.3 is 5.32 Å². The van der Waals surface area contributed by atoms with Crippen LogP contribution in [0.1, 0.15) is 10.4 Å². The van der Waals surface area contributed by atoms with Crippen molar-refractivity contribution in [2.24, 2.45) is 0 Å². The van der Waals surface area contributed by atoms with Crippen molar-refractivity contribution < 1.29 is 17.6 Å². The van der Waals surface area contributed by atoms with Crippen LogP contribution in [0.5, 0.6) is 0 Å². The maximum Gasteiger partial charge on any atom is 0.261 e. The van der Waals surface area contributed by atoms with Gasteiger partial charge in [0.05, 0.1) is 27.7 Å². The molecule has 4 aromatic rings. The number of amides is 1. The highest BCUT2D eigenvalue weighted by molar-refractivity contribution is 7.92. The maximum atomic E-state index is 13.0. The van der Waals surface area contributed by atoms with Crippen molar-refractivity contribution >= 4 is 32.7 Å². The largest absolute Gasteiger partial charge is 0.355 e. The Labute approximate surface area is 171 Å². The number of aromatic nitrogens is 3. The molecule has 0 bridgehead atoms. The Kier molecular flexibility index (Phi) is 4.92. The molecule has 0 saturated heterocycles. The highest BCUT2D eigenvalue weighted by atomic mass is 32.2. The SMILES string of the molecule is CNC(=O)c1cc(-c2ccc(NS(=O)(=O)c3ccc(F)cc3)cc2)nc2[nH]ncc12. The Morgan fingerprint density at radius 1 is 1.07 bits per heavy atom. The third-order valence-corrected chi connectivity index (χ3v) is 5.85. The number of fused-ring (bicyclic) bond motifs is 1. The van der Waals surface area contributed by atoms with Crippen LogP contribution >= 0.6 is 0 Å². The summed E-state index contributed by atoms with van der Waals surface area (Å²) in [6.07, 6.45) is 1.53. The summed E-state index contributed by atoms with van der Waals surface area (Å²) in [5, 5.41) is 9.87. The van der Waals surface area contributed by atoms with E-state index >= 15 is 0 Å². The van der Waals surface area contributed by atoms with Crippen LogP contribution in [-0.2, 0) is 10.0 Å². The molecule has 10 heteroatoms. The van der Waals surface area contributed by atoms with Crippen molar-refractivity contribution in [1.82, 2.24) is 20.5 Å². The first-order valence-electron chi connectivity index (χ1n) is 8.82. The summed E-state index contributed by atoms with van der Waals surface area (Å²) in [7, 11) is -2.31. The lowest BCUT2D eigenvalue weighted by Gasteiger charge is -2.10. The number of nitrogens with one attached hydrogen (secondary N) is 3. The van der Waals surface area contributed by atoms with Gasteiger partial charge in [0.25, 0.3) is 15.9 Å². The molecule has 0 aliphatic heterocycles. The molecule has 2 aromatic carbocycles. The van der Waals surface area contributed by atoms with Crippen LogP contribution < -0.4 is 10.0 Å². The van der Waals surface area contributed by atoms with Gasteiger partial charge in [-0.2, -0.15) is 5.10 Å². The van der Waals surface area contributed by atoms with E-state index in [4.69, 9.17) is 0 Å². The van der Waals surface area contributed by atoms with Crippen molar-refractivity contribution in [3.05, 3.63) is 72.2 Å². The van der Waals surface area contributed by atoms with Crippen molar-refractivity contribution in [1.29, 1.82) is 0 Å². The molecule has 8 nitrogen and oxygen atoms in total. The zero-order chi connectivity index (χ0) is 21.3. The van der Waals surface area contributed by atoms with Crippen molar-refractivity contribution in [3.8, 4) is 11.3 Å². The monoisotopic (exact) mass is 425 g/mol. The molecule has 30 heavy (non-hydrogen) atoms. The van der Waals surface area contributed by atoms with Gasteiger partial charge in [0.15, 0.2) is 5.65 Å². The van der Waals surface area contributed by atoms with Crippen LogP contribution in [0.25, 0.3) is 22.3 Å². The zero-order valence-corrected chi connectivity index (χ0v) is 16.5. The Balaban J connectivity index is 1.64. The second-order valence-corrected chi connectivity index (χ2v) is 8.09. The number of hydrogen-bond donors (Lipinski definition) is 3. The molecule has 0 atom stereocenters. The molecule has 2 heterocycles. The first-order valence-corrected chi connectivity index (χ1v) is 10.3. The number of carbonyl (C=O) groups excluding carboxylic acids is 1. The Morgan fingerprint density at radius 3 is 2.43 bits per heavy atom. The number of anilines is 1. The summed E-state index contributed by atoms with van der Waals surface area (Å²) in [5.41, 5.74) is 2.43. The molecule has 0 aliphatic rings. The van der Waals surface area contributed by atoms with Gasteiger partial charge in [-0.05, 0) is 42.5 Å². The van der Waals surface area contributed by atoms with Crippen molar-refractivity contribution in [3.63, 3.8) is 0 Å². The highest BCUT2D eigenvalue weighted by Crippen LogP contribution is 2.26. The van der Waals surface area contributed by atoms with E-state index in [0.29, 0.717) is 33.5 Å². The molecule has 0 fully saturated rings. The smallest absolute Gasteiger partial charge is 0.261 e. The van der Waals surface area contributed by atoms with E-state index in [9.17, 15) is 17.6 Å². The second-order valence-electron chi connectivity index (χ2n) is 6.40. The number of benzene rings is 2. The fourth-order valence-corrected chi connectivity index (χ4v) is 3.99. The summed E-state index contributed by atoms with van der Waals surface area (Å²) >= 11 is 0. The van der Waals surface area contributed by atoms with Crippen molar-refractivity contribution in [2.75, 3.05) is 11.8 Å². The Morgan fingerprint density at radius 2 is 1.77 bits per heavy atom. The van der Waals surface area contributed by atoms with Gasteiger partial charge in [-0.15, -0.1) is 0 Å². The quantitative estimate of drug-likeness (QED) is 0.455. The summed E-state index contributed by atoms with van der Waals surface area (Å²) in [4.78, 5) is 16.6. The average Bonchev–Trinajstić information content (AvgIpc) is 3.22. The van der Waals surface area contributed by atoms with Crippen LogP contribution in [-0.4, -0.2) is 36.6 Å². The van der Waals surface area contributed by atoms with E-state index in [1.807, 2.05) is 0 Å².